The normalized spacial score (nSPS) is 21.0. The van der Waals surface area contributed by atoms with Crippen LogP contribution in [0.15, 0.2) is 36.4 Å². The summed E-state index contributed by atoms with van der Waals surface area (Å²) in [5, 5.41) is 0.273. The Morgan fingerprint density at radius 1 is 1.00 bits per heavy atom. The van der Waals surface area contributed by atoms with Gasteiger partial charge in [0.05, 0.1) is 5.02 Å². The first-order valence-electron chi connectivity index (χ1n) is 9.17. The molecule has 0 heterocycles. The van der Waals surface area contributed by atoms with E-state index in [-0.39, 0.29) is 10.8 Å². The zero-order valence-corrected chi connectivity index (χ0v) is 15.4. The fourth-order valence-electron chi connectivity index (χ4n) is 3.81. The topological polar surface area (TPSA) is 0 Å². The summed E-state index contributed by atoms with van der Waals surface area (Å²) in [4.78, 5) is 0. The van der Waals surface area contributed by atoms with Gasteiger partial charge in [-0.05, 0) is 47.8 Å². The minimum absolute atomic E-state index is 0.216. The molecule has 1 saturated carbocycles. The number of halogens is 2. The van der Waals surface area contributed by atoms with E-state index in [9.17, 15) is 4.39 Å². The van der Waals surface area contributed by atoms with Gasteiger partial charge in [0.1, 0.15) is 5.82 Å². The number of aryl methyl sites for hydroxylation is 1. The molecule has 3 rings (SSSR count). The van der Waals surface area contributed by atoms with Crippen molar-refractivity contribution in [3.8, 4) is 11.1 Å². The Hall–Kier alpha value is -1.34. The van der Waals surface area contributed by atoms with E-state index < -0.39 is 0 Å². The Bertz CT molecular complexity index is 682. The van der Waals surface area contributed by atoms with Crippen LogP contribution in [-0.4, -0.2) is 0 Å². The summed E-state index contributed by atoms with van der Waals surface area (Å²) >= 11 is 6.41. The Morgan fingerprint density at radius 3 is 2.29 bits per heavy atom. The van der Waals surface area contributed by atoms with E-state index in [1.165, 1.54) is 18.4 Å². The molecular formula is C22H26ClF. The molecule has 0 spiro atoms. The van der Waals surface area contributed by atoms with Crippen molar-refractivity contribution in [2.45, 2.75) is 58.3 Å². The molecular weight excluding hydrogens is 319 g/mol. The van der Waals surface area contributed by atoms with Crippen molar-refractivity contribution in [2.75, 3.05) is 0 Å². The van der Waals surface area contributed by atoms with Crippen LogP contribution in [0.5, 0.6) is 0 Å². The van der Waals surface area contributed by atoms with Crippen LogP contribution in [0, 0.1) is 11.7 Å². The minimum atomic E-state index is -0.216. The van der Waals surface area contributed by atoms with Gasteiger partial charge in [0.2, 0.25) is 0 Å². The SMILES string of the molecule is CCCc1ccc(-c2ccc(C3CCC(C)CC3)c(F)c2Cl)cc1. The number of benzene rings is 2. The van der Waals surface area contributed by atoms with Crippen molar-refractivity contribution >= 4 is 11.6 Å². The van der Waals surface area contributed by atoms with Gasteiger partial charge < -0.3 is 0 Å². The molecule has 0 amide bonds. The van der Waals surface area contributed by atoms with Crippen LogP contribution in [0.2, 0.25) is 5.02 Å². The maximum absolute atomic E-state index is 14.9. The lowest BCUT2D eigenvalue weighted by Crippen LogP contribution is -2.12. The Labute approximate surface area is 150 Å². The van der Waals surface area contributed by atoms with Crippen LogP contribution >= 0.6 is 11.6 Å². The van der Waals surface area contributed by atoms with Gasteiger partial charge in [0, 0.05) is 5.56 Å². The van der Waals surface area contributed by atoms with Crippen LogP contribution in [-0.2, 0) is 6.42 Å². The number of hydrogen-bond acceptors (Lipinski definition) is 0. The fraction of sp³-hybridized carbons (Fsp3) is 0.455. The maximum atomic E-state index is 14.9. The summed E-state index contributed by atoms with van der Waals surface area (Å²) in [5.41, 5.74) is 3.90. The summed E-state index contributed by atoms with van der Waals surface area (Å²) in [6.07, 6.45) is 6.70. The summed E-state index contributed by atoms with van der Waals surface area (Å²) < 4.78 is 14.9. The van der Waals surface area contributed by atoms with Gasteiger partial charge >= 0.3 is 0 Å². The molecule has 0 bridgehead atoms. The van der Waals surface area contributed by atoms with Crippen LogP contribution in [0.1, 0.15) is 63.0 Å². The highest BCUT2D eigenvalue weighted by molar-refractivity contribution is 6.33. The van der Waals surface area contributed by atoms with E-state index in [4.69, 9.17) is 11.6 Å². The Balaban J connectivity index is 1.87. The Morgan fingerprint density at radius 2 is 1.67 bits per heavy atom. The predicted octanol–water partition coefficient (Wildman–Crippen LogP) is 7.39. The van der Waals surface area contributed by atoms with E-state index in [1.807, 2.05) is 24.3 Å². The van der Waals surface area contributed by atoms with Crippen LogP contribution in [0.25, 0.3) is 11.1 Å². The summed E-state index contributed by atoms with van der Waals surface area (Å²) in [6.45, 7) is 4.45. The minimum Gasteiger partial charge on any atom is -0.205 e. The highest BCUT2D eigenvalue weighted by Gasteiger charge is 2.24. The third kappa shape index (κ3) is 3.67. The molecule has 128 valence electrons. The van der Waals surface area contributed by atoms with E-state index in [0.717, 1.165) is 48.3 Å². The number of hydrogen-bond donors (Lipinski definition) is 0. The van der Waals surface area contributed by atoms with Gasteiger partial charge in [0.15, 0.2) is 0 Å². The molecule has 2 aromatic carbocycles. The van der Waals surface area contributed by atoms with Gasteiger partial charge in [-0.2, -0.15) is 0 Å². The van der Waals surface area contributed by atoms with Crippen molar-refractivity contribution in [2.24, 2.45) is 5.92 Å². The molecule has 0 atom stereocenters. The first-order valence-corrected chi connectivity index (χ1v) is 9.55. The van der Waals surface area contributed by atoms with Crippen LogP contribution in [0.3, 0.4) is 0 Å². The average molecular weight is 345 g/mol. The molecule has 2 aromatic rings. The molecule has 24 heavy (non-hydrogen) atoms. The van der Waals surface area contributed by atoms with E-state index in [2.05, 4.69) is 26.0 Å². The lowest BCUT2D eigenvalue weighted by atomic mass is 9.79. The summed E-state index contributed by atoms with van der Waals surface area (Å²) in [7, 11) is 0. The fourth-order valence-corrected chi connectivity index (χ4v) is 4.09. The zero-order chi connectivity index (χ0) is 17.1. The standard InChI is InChI=1S/C22H26ClF/c1-3-4-16-7-11-17(12-8-16)19-13-14-20(22(24)21(19)23)18-9-5-15(2)6-10-18/h7-8,11-15,18H,3-6,9-10H2,1-2H3. The van der Waals surface area contributed by atoms with Crippen LogP contribution in [0.4, 0.5) is 4.39 Å². The largest absolute Gasteiger partial charge is 0.205 e. The second-order valence-corrected chi connectivity index (χ2v) is 7.61. The van der Waals surface area contributed by atoms with Crippen molar-refractivity contribution in [3.05, 3.63) is 58.4 Å². The first-order chi connectivity index (χ1) is 11.6. The van der Waals surface area contributed by atoms with Crippen molar-refractivity contribution in [3.63, 3.8) is 0 Å². The highest BCUT2D eigenvalue weighted by atomic mass is 35.5. The molecule has 2 heteroatoms. The second-order valence-electron chi connectivity index (χ2n) is 7.23. The van der Waals surface area contributed by atoms with Crippen molar-refractivity contribution < 1.29 is 4.39 Å². The Kier molecular flexibility index (Phi) is 5.61. The summed E-state index contributed by atoms with van der Waals surface area (Å²) in [5.74, 6) is 0.867. The van der Waals surface area contributed by atoms with Gasteiger partial charge in [-0.1, -0.05) is 81.1 Å². The molecule has 0 unspecified atom stereocenters. The zero-order valence-electron chi connectivity index (χ0n) is 14.6. The molecule has 0 nitrogen and oxygen atoms in total. The van der Waals surface area contributed by atoms with Gasteiger partial charge in [-0.25, -0.2) is 4.39 Å². The summed E-state index contributed by atoms with van der Waals surface area (Å²) in [6, 6.07) is 12.3. The maximum Gasteiger partial charge on any atom is 0.145 e. The third-order valence-corrected chi connectivity index (χ3v) is 5.74. The lowest BCUT2D eigenvalue weighted by molar-refractivity contribution is 0.342. The third-order valence-electron chi connectivity index (χ3n) is 5.37. The van der Waals surface area contributed by atoms with Gasteiger partial charge in [-0.15, -0.1) is 0 Å². The smallest absolute Gasteiger partial charge is 0.145 e. The predicted molar refractivity (Wildman–Crippen MR) is 101 cm³/mol. The van der Waals surface area contributed by atoms with Crippen molar-refractivity contribution in [1.82, 2.24) is 0 Å². The number of rotatable bonds is 4. The average Bonchev–Trinajstić information content (AvgIpc) is 2.59. The first kappa shape index (κ1) is 17.5. The monoisotopic (exact) mass is 344 g/mol. The quantitative estimate of drug-likeness (QED) is 0.542. The lowest BCUT2D eigenvalue weighted by Gasteiger charge is -2.27. The molecule has 1 aliphatic rings. The molecule has 0 N–H and O–H groups in total. The van der Waals surface area contributed by atoms with E-state index in [0.29, 0.717) is 5.92 Å². The molecule has 0 saturated heterocycles. The van der Waals surface area contributed by atoms with Crippen LogP contribution < -0.4 is 0 Å². The van der Waals surface area contributed by atoms with E-state index in [1.54, 1.807) is 0 Å². The van der Waals surface area contributed by atoms with Gasteiger partial charge in [-0.3, -0.25) is 0 Å². The molecule has 0 aliphatic heterocycles. The molecule has 1 aliphatic carbocycles. The molecule has 1 fully saturated rings. The highest BCUT2D eigenvalue weighted by Crippen LogP contribution is 2.40. The van der Waals surface area contributed by atoms with Crippen molar-refractivity contribution in [1.29, 1.82) is 0 Å². The van der Waals surface area contributed by atoms with E-state index >= 15 is 0 Å². The second kappa shape index (κ2) is 7.70. The van der Waals surface area contributed by atoms with Gasteiger partial charge in [0.25, 0.3) is 0 Å². The molecule has 0 aromatic heterocycles. The molecule has 0 radical (unpaired) electrons.